The molecule has 1 rings (SSSR count). The van der Waals surface area contributed by atoms with Gasteiger partial charge in [-0.05, 0) is 12.1 Å². The lowest BCUT2D eigenvalue weighted by atomic mass is 10.1. The summed E-state index contributed by atoms with van der Waals surface area (Å²) < 4.78 is 36.8. The first-order chi connectivity index (χ1) is 7.36. The van der Waals surface area contributed by atoms with E-state index in [9.17, 15) is 13.2 Å². The molecule has 0 atom stereocenters. The van der Waals surface area contributed by atoms with E-state index in [1.165, 1.54) is 17.0 Å². The van der Waals surface area contributed by atoms with Crippen LogP contribution in [0.3, 0.4) is 0 Å². The predicted molar refractivity (Wildman–Crippen MR) is 53.5 cm³/mol. The van der Waals surface area contributed by atoms with Crippen LogP contribution >= 0.6 is 0 Å². The monoisotopic (exact) mass is 232 g/mol. The molecule has 0 unspecified atom stereocenters. The molecule has 6 heteroatoms. The molecule has 0 heterocycles. The summed E-state index contributed by atoms with van der Waals surface area (Å²) in [5.74, 6) is 0.203. The lowest BCUT2D eigenvalue weighted by molar-refractivity contribution is -0.137. The van der Waals surface area contributed by atoms with Crippen molar-refractivity contribution in [3.05, 3.63) is 35.4 Å². The van der Waals surface area contributed by atoms with E-state index >= 15 is 0 Å². The third kappa shape index (κ3) is 2.65. The maximum Gasteiger partial charge on any atom is 0.416 e. The number of halogens is 3. The van der Waals surface area contributed by atoms with Gasteiger partial charge in [0.15, 0.2) is 5.84 Å². The molecule has 0 radical (unpaired) electrons. The van der Waals surface area contributed by atoms with Crippen LogP contribution in [0.4, 0.5) is 13.2 Å². The number of nitrogens with zero attached hydrogens (tertiary/aromatic N) is 2. The Morgan fingerprint density at radius 3 is 2.00 bits per heavy atom. The van der Waals surface area contributed by atoms with Crippen molar-refractivity contribution < 1.29 is 18.4 Å². The lowest BCUT2D eigenvalue weighted by Gasteiger charge is -2.14. The maximum atomic E-state index is 12.3. The summed E-state index contributed by atoms with van der Waals surface area (Å²) in [6, 6.07) is 4.42. The number of oxime groups is 1. The second-order valence-corrected chi connectivity index (χ2v) is 3.39. The van der Waals surface area contributed by atoms with Crippen LogP contribution in [0.25, 0.3) is 0 Å². The molecule has 0 spiro atoms. The average molecular weight is 232 g/mol. The zero-order valence-electron chi connectivity index (χ0n) is 8.78. The van der Waals surface area contributed by atoms with Gasteiger partial charge in [-0.15, -0.1) is 0 Å². The van der Waals surface area contributed by atoms with Crippen molar-refractivity contribution in [3.8, 4) is 0 Å². The summed E-state index contributed by atoms with van der Waals surface area (Å²) in [4.78, 5) is 1.50. The average Bonchev–Trinajstić information content (AvgIpc) is 2.17. The molecule has 1 aromatic rings. The largest absolute Gasteiger partial charge is 0.416 e. The standard InChI is InChI=1S/C10H11F3N2O/c1-15(2)9(14-16)7-3-5-8(6-4-7)10(11,12)13/h3-6,16H,1-2H3/b14-9+. The van der Waals surface area contributed by atoms with Gasteiger partial charge in [0.05, 0.1) is 5.56 Å². The van der Waals surface area contributed by atoms with Gasteiger partial charge in [-0.2, -0.15) is 13.2 Å². The highest BCUT2D eigenvalue weighted by molar-refractivity contribution is 5.98. The Bertz CT molecular complexity index is 382. The van der Waals surface area contributed by atoms with Crippen molar-refractivity contribution in [2.75, 3.05) is 14.1 Å². The summed E-state index contributed by atoms with van der Waals surface area (Å²) >= 11 is 0. The van der Waals surface area contributed by atoms with Crippen molar-refractivity contribution in [3.63, 3.8) is 0 Å². The minimum absolute atomic E-state index is 0.203. The van der Waals surface area contributed by atoms with E-state index in [0.717, 1.165) is 12.1 Å². The SMILES string of the molecule is CN(C)/C(=N/O)c1ccc(C(F)(F)F)cc1. The number of alkyl halides is 3. The second kappa shape index (κ2) is 4.42. The van der Waals surface area contributed by atoms with Gasteiger partial charge in [-0.3, -0.25) is 0 Å². The Morgan fingerprint density at radius 1 is 1.19 bits per heavy atom. The molecule has 0 aliphatic carbocycles. The Hall–Kier alpha value is -1.72. The fourth-order valence-electron chi connectivity index (χ4n) is 1.21. The first-order valence-corrected chi connectivity index (χ1v) is 4.43. The van der Waals surface area contributed by atoms with Crippen molar-refractivity contribution in [2.45, 2.75) is 6.18 Å². The molecule has 88 valence electrons. The van der Waals surface area contributed by atoms with Gasteiger partial charge >= 0.3 is 6.18 Å². The third-order valence-corrected chi connectivity index (χ3v) is 1.99. The molecule has 0 fully saturated rings. The van der Waals surface area contributed by atoms with Crippen molar-refractivity contribution in [1.29, 1.82) is 0 Å². The van der Waals surface area contributed by atoms with Gasteiger partial charge < -0.3 is 10.1 Å². The summed E-state index contributed by atoms with van der Waals surface area (Å²) in [5.41, 5.74) is -0.312. The molecular weight excluding hydrogens is 221 g/mol. The molecule has 1 aromatic carbocycles. The fourth-order valence-corrected chi connectivity index (χ4v) is 1.21. The Kier molecular flexibility index (Phi) is 3.41. The van der Waals surface area contributed by atoms with Crippen LogP contribution in [0.15, 0.2) is 29.4 Å². The van der Waals surface area contributed by atoms with E-state index in [4.69, 9.17) is 5.21 Å². The van der Waals surface area contributed by atoms with Gasteiger partial charge in [-0.25, -0.2) is 0 Å². The fraction of sp³-hybridized carbons (Fsp3) is 0.300. The number of rotatable bonds is 1. The lowest BCUT2D eigenvalue weighted by Crippen LogP contribution is -2.23. The van der Waals surface area contributed by atoms with Gasteiger partial charge in [-0.1, -0.05) is 17.3 Å². The van der Waals surface area contributed by atoms with Crippen molar-refractivity contribution >= 4 is 5.84 Å². The van der Waals surface area contributed by atoms with Crippen molar-refractivity contribution in [1.82, 2.24) is 4.90 Å². The first kappa shape index (κ1) is 12.4. The quantitative estimate of drug-likeness (QED) is 0.349. The highest BCUT2D eigenvalue weighted by atomic mass is 19.4. The van der Waals surface area contributed by atoms with Gasteiger partial charge in [0, 0.05) is 19.7 Å². The van der Waals surface area contributed by atoms with Crippen LogP contribution in [0.1, 0.15) is 11.1 Å². The summed E-state index contributed by atoms with van der Waals surface area (Å²) in [6.45, 7) is 0. The molecule has 1 N–H and O–H groups in total. The van der Waals surface area contributed by atoms with Crippen LogP contribution in [-0.4, -0.2) is 30.0 Å². The van der Waals surface area contributed by atoms with E-state index in [1.54, 1.807) is 14.1 Å². The molecule has 0 aliphatic rings. The number of hydrogen-bond acceptors (Lipinski definition) is 2. The smallest absolute Gasteiger partial charge is 0.409 e. The summed E-state index contributed by atoms with van der Waals surface area (Å²) in [6.07, 6.45) is -4.35. The van der Waals surface area contributed by atoms with E-state index in [-0.39, 0.29) is 5.84 Å². The number of amidine groups is 1. The van der Waals surface area contributed by atoms with E-state index in [1.807, 2.05) is 0 Å². The highest BCUT2D eigenvalue weighted by Crippen LogP contribution is 2.29. The Labute approximate surface area is 90.8 Å². The molecule has 0 aliphatic heterocycles. The third-order valence-electron chi connectivity index (χ3n) is 1.99. The molecule has 0 amide bonds. The van der Waals surface area contributed by atoms with Gasteiger partial charge in [0.2, 0.25) is 0 Å². The summed E-state index contributed by atoms with van der Waals surface area (Å²) in [5, 5.41) is 11.7. The normalized spacial score (nSPS) is 12.7. The predicted octanol–water partition coefficient (Wildman–Crippen LogP) is 2.40. The van der Waals surface area contributed by atoms with Crippen LogP contribution in [0.2, 0.25) is 0 Å². The number of hydrogen-bond donors (Lipinski definition) is 1. The van der Waals surface area contributed by atoms with E-state index in [2.05, 4.69) is 5.16 Å². The van der Waals surface area contributed by atoms with Crippen LogP contribution < -0.4 is 0 Å². The van der Waals surface area contributed by atoms with Crippen LogP contribution in [0.5, 0.6) is 0 Å². The molecule has 0 saturated heterocycles. The molecule has 0 aromatic heterocycles. The second-order valence-electron chi connectivity index (χ2n) is 3.39. The van der Waals surface area contributed by atoms with E-state index in [0.29, 0.717) is 5.56 Å². The number of benzene rings is 1. The zero-order valence-corrected chi connectivity index (χ0v) is 8.78. The molecule has 3 nitrogen and oxygen atoms in total. The molecule has 0 bridgehead atoms. The molecular formula is C10H11F3N2O. The maximum absolute atomic E-state index is 12.3. The van der Waals surface area contributed by atoms with Crippen LogP contribution in [-0.2, 0) is 6.18 Å². The van der Waals surface area contributed by atoms with Gasteiger partial charge in [0.25, 0.3) is 0 Å². The van der Waals surface area contributed by atoms with Gasteiger partial charge in [0.1, 0.15) is 0 Å². The minimum Gasteiger partial charge on any atom is -0.409 e. The molecule has 0 saturated carbocycles. The Morgan fingerprint density at radius 2 is 1.69 bits per heavy atom. The summed E-state index contributed by atoms with van der Waals surface area (Å²) in [7, 11) is 3.26. The topological polar surface area (TPSA) is 35.8 Å². The molecule has 16 heavy (non-hydrogen) atoms. The minimum atomic E-state index is -4.35. The Balaban J connectivity index is 3.04. The highest BCUT2D eigenvalue weighted by Gasteiger charge is 2.30. The zero-order chi connectivity index (χ0) is 12.3. The van der Waals surface area contributed by atoms with Crippen LogP contribution in [0, 0.1) is 0 Å². The van der Waals surface area contributed by atoms with Crippen molar-refractivity contribution in [2.24, 2.45) is 5.16 Å². The first-order valence-electron chi connectivity index (χ1n) is 4.43. The van der Waals surface area contributed by atoms with E-state index < -0.39 is 11.7 Å².